The van der Waals surface area contributed by atoms with Gasteiger partial charge in [-0.2, -0.15) is 0 Å². The zero-order chi connectivity index (χ0) is 8.97. The summed E-state index contributed by atoms with van der Waals surface area (Å²) in [6.07, 6.45) is 4.13. The second-order valence-corrected chi connectivity index (χ2v) is 2.78. The summed E-state index contributed by atoms with van der Waals surface area (Å²) in [5, 5.41) is 3.18. The number of hydrogen-bond acceptors (Lipinski definition) is 4. The van der Waals surface area contributed by atoms with Gasteiger partial charge in [0, 0.05) is 6.04 Å². The number of rotatable bonds is 3. The van der Waals surface area contributed by atoms with Crippen LogP contribution in [0.15, 0.2) is 12.5 Å². The van der Waals surface area contributed by atoms with Crippen LogP contribution >= 0.6 is 0 Å². The van der Waals surface area contributed by atoms with Crippen molar-refractivity contribution in [3.05, 3.63) is 12.5 Å². The molecule has 1 unspecified atom stereocenters. The maximum absolute atomic E-state index is 5.64. The zero-order valence-corrected chi connectivity index (χ0v) is 7.41. The minimum Gasteiger partial charge on any atom is -0.394 e. The highest BCUT2D eigenvalue weighted by atomic mass is 15.0. The molecule has 0 radical (unpaired) electrons. The van der Waals surface area contributed by atoms with Crippen LogP contribution in [0.5, 0.6) is 0 Å². The summed E-state index contributed by atoms with van der Waals surface area (Å²) in [4.78, 5) is 7.82. The Morgan fingerprint density at radius 2 is 2.42 bits per heavy atom. The molecule has 0 saturated heterocycles. The molecule has 3 N–H and O–H groups in total. The van der Waals surface area contributed by atoms with Crippen molar-refractivity contribution in [2.45, 2.75) is 26.3 Å². The Bertz CT molecular complexity index is 249. The van der Waals surface area contributed by atoms with Gasteiger partial charge in [0.05, 0.1) is 11.9 Å². The number of nitrogens with zero attached hydrogens (tertiary/aromatic N) is 2. The highest BCUT2D eigenvalue weighted by molar-refractivity contribution is 5.59. The molecule has 0 spiro atoms. The summed E-state index contributed by atoms with van der Waals surface area (Å²) in [6, 6.07) is 0.391. The maximum Gasteiger partial charge on any atom is 0.152 e. The van der Waals surface area contributed by atoms with Crippen LogP contribution in [0.4, 0.5) is 11.5 Å². The number of aromatic nitrogens is 2. The molecule has 1 atom stereocenters. The molecular formula is C8H14N4. The standard InChI is InChI=1S/C8H14N4/c1-3-6(2)12-8-7(9)4-10-5-11-8/h4-6H,3,9H2,1-2H3,(H,10,11,12). The molecule has 0 aliphatic carbocycles. The number of nitrogen functional groups attached to an aromatic ring is 1. The minimum absolute atomic E-state index is 0.391. The molecule has 0 aliphatic heterocycles. The van der Waals surface area contributed by atoms with E-state index in [9.17, 15) is 0 Å². The number of nitrogens with two attached hydrogens (primary N) is 1. The smallest absolute Gasteiger partial charge is 0.152 e. The van der Waals surface area contributed by atoms with Gasteiger partial charge < -0.3 is 11.1 Å². The molecule has 0 amide bonds. The topological polar surface area (TPSA) is 63.8 Å². The Labute approximate surface area is 72.2 Å². The normalized spacial score (nSPS) is 12.5. The van der Waals surface area contributed by atoms with Crippen LogP contribution in [-0.4, -0.2) is 16.0 Å². The lowest BCUT2D eigenvalue weighted by Gasteiger charge is -2.12. The molecule has 1 aromatic rings. The molecule has 0 aliphatic rings. The van der Waals surface area contributed by atoms with Crippen LogP contribution in [0.3, 0.4) is 0 Å². The first-order valence-corrected chi connectivity index (χ1v) is 4.06. The van der Waals surface area contributed by atoms with Crippen molar-refractivity contribution in [3.63, 3.8) is 0 Å². The third kappa shape index (κ3) is 2.08. The Kier molecular flexibility index (Phi) is 2.85. The van der Waals surface area contributed by atoms with Gasteiger partial charge in [-0.25, -0.2) is 9.97 Å². The van der Waals surface area contributed by atoms with Crippen molar-refractivity contribution >= 4 is 11.5 Å². The van der Waals surface area contributed by atoms with E-state index < -0.39 is 0 Å². The predicted octanol–water partition coefficient (Wildman–Crippen LogP) is 1.27. The molecule has 66 valence electrons. The van der Waals surface area contributed by atoms with E-state index in [1.807, 2.05) is 0 Å². The summed E-state index contributed by atoms with van der Waals surface area (Å²) in [6.45, 7) is 4.19. The average Bonchev–Trinajstić information content (AvgIpc) is 2.09. The zero-order valence-electron chi connectivity index (χ0n) is 7.41. The van der Waals surface area contributed by atoms with E-state index in [2.05, 4.69) is 29.1 Å². The Morgan fingerprint density at radius 1 is 1.67 bits per heavy atom. The van der Waals surface area contributed by atoms with Gasteiger partial charge in [-0.3, -0.25) is 0 Å². The molecule has 1 rings (SSSR count). The van der Waals surface area contributed by atoms with E-state index in [4.69, 9.17) is 5.73 Å². The molecular weight excluding hydrogens is 152 g/mol. The lowest BCUT2D eigenvalue weighted by Crippen LogP contribution is -2.15. The highest BCUT2D eigenvalue weighted by Gasteiger charge is 2.02. The Hall–Kier alpha value is -1.32. The van der Waals surface area contributed by atoms with Crippen LogP contribution in [0.2, 0.25) is 0 Å². The molecule has 1 aromatic heterocycles. The summed E-state index contributed by atoms with van der Waals surface area (Å²) in [5.41, 5.74) is 6.23. The highest BCUT2D eigenvalue weighted by Crippen LogP contribution is 2.13. The van der Waals surface area contributed by atoms with Crippen molar-refractivity contribution in [1.82, 2.24) is 9.97 Å². The summed E-state index contributed by atoms with van der Waals surface area (Å²) in [5.74, 6) is 0.722. The molecule has 4 heteroatoms. The van der Waals surface area contributed by atoms with Gasteiger partial charge in [0.2, 0.25) is 0 Å². The second-order valence-electron chi connectivity index (χ2n) is 2.78. The quantitative estimate of drug-likeness (QED) is 0.709. The van der Waals surface area contributed by atoms with Crippen molar-refractivity contribution in [2.75, 3.05) is 11.1 Å². The summed E-state index contributed by atoms with van der Waals surface area (Å²) < 4.78 is 0. The first-order valence-electron chi connectivity index (χ1n) is 4.06. The van der Waals surface area contributed by atoms with Crippen molar-refractivity contribution in [2.24, 2.45) is 0 Å². The summed E-state index contributed by atoms with van der Waals surface area (Å²) in [7, 11) is 0. The predicted molar refractivity (Wildman–Crippen MR) is 49.8 cm³/mol. The summed E-state index contributed by atoms with van der Waals surface area (Å²) >= 11 is 0. The molecule has 12 heavy (non-hydrogen) atoms. The Balaban J connectivity index is 2.69. The average molecular weight is 166 g/mol. The van der Waals surface area contributed by atoms with Gasteiger partial charge in [-0.15, -0.1) is 0 Å². The monoisotopic (exact) mass is 166 g/mol. The van der Waals surface area contributed by atoms with Gasteiger partial charge in [0.1, 0.15) is 6.33 Å². The molecule has 0 bridgehead atoms. The van der Waals surface area contributed by atoms with Crippen molar-refractivity contribution in [3.8, 4) is 0 Å². The molecule has 0 fully saturated rings. The van der Waals surface area contributed by atoms with Crippen LogP contribution in [-0.2, 0) is 0 Å². The van der Waals surface area contributed by atoms with Crippen LogP contribution in [0.25, 0.3) is 0 Å². The third-order valence-corrected chi connectivity index (χ3v) is 1.74. The largest absolute Gasteiger partial charge is 0.394 e. The SMILES string of the molecule is CCC(C)Nc1ncncc1N. The van der Waals surface area contributed by atoms with Crippen LogP contribution in [0.1, 0.15) is 20.3 Å². The molecule has 4 nitrogen and oxygen atoms in total. The first kappa shape index (κ1) is 8.77. The molecule has 0 saturated carbocycles. The van der Waals surface area contributed by atoms with E-state index >= 15 is 0 Å². The van der Waals surface area contributed by atoms with E-state index in [0.717, 1.165) is 12.2 Å². The van der Waals surface area contributed by atoms with Crippen LogP contribution in [0, 0.1) is 0 Å². The first-order chi connectivity index (χ1) is 5.74. The lowest BCUT2D eigenvalue weighted by atomic mass is 10.2. The van der Waals surface area contributed by atoms with E-state index in [1.54, 1.807) is 6.20 Å². The lowest BCUT2D eigenvalue weighted by molar-refractivity contribution is 0.759. The Morgan fingerprint density at radius 3 is 3.00 bits per heavy atom. The fraction of sp³-hybridized carbons (Fsp3) is 0.500. The number of anilines is 2. The van der Waals surface area contributed by atoms with E-state index in [1.165, 1.54) is 6.33 Å². The number of nitrogens with one attached hydrogen (secondary N) is 1. The third-order valence-electron chi connectivity index (χ3n) is 1.74. The van der Waals surface area contributed by atoms with Gasteiger partial charge >= 0.3 is 0 Å². The molecule has 1 heterocycles. The van der Waals surface area contributed by atoms with Gasteiger partial charge in [0.15, 0.2) is 5.82 Å². The van der Waals surface area contributed by atoms with E-state index in [-0.39, 0.29) is 0 Å². The fourth-order valence-corrected chi connectivity index (χ4v) is 0.796. The van der Waals surface area contributed by atoms with Crippen molar-refractivity contribution in [1.29, 1.82) is 0 Å². The second kappa shape index (κ2) is 3.90. The number of hydrogen-bond donors (Lipinski definition) is 2. The maximum atomic E-state index is 5.64. The minimum atomic E-state index is 0.391. The van der Waals surface area contributed by atoms with Gasteiger partial charge in [-0.05, 0) is 13.3 Å². The van der Waals surface area contributed by atoms with Gasteiger partial charge in [0.25, 0.3) is 0 Å². The van der Waals surface area contributed by atoms with Crippen LogP contribution < -0.4 is 11.1 Å². The fourth-order valence-electron chi connectivity index (χ4n) is 0.796. The van der Waals surface area contributed by atoms with Crippen molar-refractivity contribution < 1.29 is 0 Å². The molecule has 0 aromatic carbocycles. The van der Waals surface area contributed by atoms with Gasteiger partial charge in [-0.1, -0.05) is 6.92 Å². The van der Waals surface area contributed by atoms with E-state index in [0.29, 0.717) is 11.7 Å².